The summed E-state index contributed by atoms with van der Waals surface area (Å²) in [5, 5.41) is 2.71. The molecule has 0 spiro atoms. The largest absolute Gasteiger partial charge is 0.494 e. The fourth-order valence-electron chi connectivity index (χ4n) is 2.70. The number of unbranched alkanes of at least 4 members (excludes halogenated alkanes) is 1. The highest BCUT2D eigenvalue weighted by atomic mass is 32.2. The molecular formula is C24H25N3O4S. The highest BCUT2D eigenvalue weighted by Gasteiger charge is 2.14. The quantitative estimate of drug-likeness (QED) is 0.344. The van der Waals surface area contributed by atoms with Crippen LogP contribution in [0.2, 0.25) is 0 Å². The molecule has 0 aliphatic carbocycles. The molecular weight excluding hydrogens is 426 g/mol. The van der Waals surface area contributed by atoms with Crippen molar-refractivity contribution in [2.24, 2.45) is 0 Å². The van der Waals surface area contributed by atoms with Crippen molar-refractivity contribution in [3.8, 4) is 5.75 Å². The Kier molecular flexibility index (Phi) is 7.99. The van der Waals surface area contributed by atoms with Crippen molar-refractivity contribution in [2.45, 2.75) is 24.7 Å². The second kappa shape index (κ2) is 11.1. The molecule has 1 aromatic heterocycles. The molecule has 0 saturated heterocycles. The van der Waals surface area contributed by atoms with Crippen molar-refractivity contribution in [1.82, 2.24) is 4.98 Å². The second-order valence-corrected chi connectivity index (χ2v) is 8.62. The summed E-state index contributed by atoms with van der Waals surface area (Å²) in [5.74, 6) is 0.707. The molecule has 8 heteroatoms. The van der Waals surface area contributed by atoms with Crippen LogP contribution in [0.15, 0.2) is 83.9 Å². The maximum atomic E-state index is 12.4. The third-order valence-corrected chi connectivity index (χ3v) is 5.78. The van der Waals surface area contributed by atoms with Crippen molar-refractivity contribution in [2.75, 3.05) is 16.6 Å². The lowest BCUT2D eigenvalue weighted by Crippen LogP contribution is -2.14. The van der Waals surface area contributed by atoms with Crippen molar-refractivity contribution < 1.29 is 17.9 Å². The Labute approximate surface area is 188 Å². The van der Waals surface area contributed by atoms with Gasteiger partial charge in [0.05, 0.1) is 11.5 Å². The molecule has 0 bridgehead atoms. The van der Waals surface area contributed by atoms with Crippen LogP contribution in [0.4, 0.5) is 11.5 Å². The lowest BCUT2D eigenvalue weighted by Gasteiger charge is -2.08. The molecule has 166 valence electrons. The SMILES string of the molecule is CCCCOc1ccc(C=CC(=O)Nc2ccc(S(=O)(=O)Nc3ccccn3)cc2)cc1. The number of sulfonamides is 1. The van der Waals surface area contributed by atoms with Crippen molar-refractivity contribution >= 4 is 33.5 Å². The number of rotatable bonds is 10. The summed E-state index contributed by atoms with van der Waals surface area (Å²) in [6.45, 7) is 2.80. The fourth-order valence-corrected chi connectivity index (χ4v) is 3.71. The van der Waals surface area contributed by atoms with Crippen molar-refractivity contribution in [3.05, 3.63) is 84.6 Å². The Morgan fingerprint density at radius 2 is 1.78 bits per heavy atom. The summed E-state index contributed by atoms with van der Waals surface area (Å²) in [6, 6.07) is 18.3. The molecule has 3 rings (SSSR count). The highest BCUT2D eigenvalue weighted by molar-refractivity contribution is 7.92. The number of carbonyl (C=O) groups excluding carboxylic acids is 1. The molecule has 0 radical (unpaired) electrons. The third-order valence-electron chi connectivity index (χ3n) is 4.41. The summed E-state index contributed by atoms with van der Waals surface area (Å²) in [7, 11) is -3.77. The summed E-state index contributed by atoms with van der Waals surface area (Å²) >= 11 is 0. The maximum Gasteiger partial charge on any atom is 0.263 e. The predicted octanol–water partition coefficient (Wildman–Crippen LogP) is 4.71. The van der Waals surface area contributed by atoms with Gasteiger partial charge in [-0.3, -0.25) is 9.52 Å². The van der Waals surface area contributed by atoms with E-state index >= 15 is 0 Å². The van der Waals surface area contributed by atoms with E-state index in [4.69, 9.17) is 4.74 Å². The number of ether oxygens (including phenoxy) is 1. The number of anilines is 2. The number of carbonyl (C=O) groups is 1. The molecule has 1 amide bonds. The van der Waals surface area contributed by atoms with Crippen LogP contribution in [0.25, 0.3) is 6.08 Å². The predicted molar refractivity (Wildman–Crippen MR) is 126 cm³/mol. The van der Waals surface area contributed by atoms with Gasteiger partial charge in [0.1, 0.15) is 11.6 Å². The minimum atomic E-state index is -3.77. The van der Waals surface area contributed by atoms with E-state index in [0.29, 0.717) is 12.3 Å². The Morgan fingerprint density at radius 1 is 1.03 bits per heavy atom. The number of nitrogens with zero attached hydrogens (tertiary/aromatic N) is 1. The fraction of sp³-hybridized carbons (Fsp3) is 0.167. The average molecular weight is 452 g/mol. The van der Waals surface area contributed by atoms with Gasteiger partial charge in [0.15, 0.2) is 0 Å². The van der Waals surface area contributed by atoms with Gasteiger partial charge >= 0.3 is 0 Å². The highest BCUT2D eigenvalue weighted by Crippen LogP contribution is 2.17. The maximum absolute atomic E-state index is 12.4. The molecule has 1 heterocycles. The first kappa shape index (κ1) is 23.0. The lowest BCUT2D eigenvalue weighted by molar-refractivity contribution is -0.111. The van der Waals surface area contributed by atoms with Gasteiger partial charge in [-0.2, -0.15) is 0 Å². The Hall–Kier alpha value is -3.65. The number of amides is 1. The van der Waals surface area contributed by atoms with E-state index in [1.165, 1.54) is 36.5 Å². The number of hydrogen-bond acceptors (Lipinski definition) is 5. The summed E-state index contributed by atoms with van der Waals surface area (Å²) < 4.78 is 32.9. The number of nitrogens with one attached hydrogen (secondary N) is 2. The average Bonchev–Trinajstić information content (AvgIpc) is 2.79. The molecule has 0 unspecified atom stereocenters. The van der Waals surface area contributed by atoms with Gasteiger partial charge in [0.2, 0.25) is 5.91 Å². The standard InChI is InChI=1S/C24H25N3O4S/c1-2-3-18-31-21-12-7-19(8-13-21)9-16-24(28)26-20-10-14-22(15-11-20)32(29,30)27-23-6-4-5-17-25-23/h4-17H,2-3,18H2,1H3,(H,25,27)(H,26,28). The lowest BCUT2D eigenvalue weighted by atomic mass is 10.2. The van der Waals surface area contributed by atoms with E-state index < -0.39 is 10.0 Å². The zero-order chi connectivity index (χ0) is 22.8. The van der Waals surface area contributed by atoms with E-state index in [9.17, 15) is 13.2 Å². The molecule has 0 aliphatic heterocycles. The van der Waals surface area contributed by atoms with Crippen LogP contribution in [-0.4, -0.2) is 25.9 Å². The van der Waals surface area contributed by atoms with Crippen LogP contribution in [-0.2, 0) is 14.8 Å². The van der Waals surface area contributed by atoms with E-state index in [1.54, 1.807) is 24.3 Å². The number of aromatic nitrogens is 1. The van der Waals surface area contributed by atoms with Crippen molar-refractivity contribution in [1.29, 1.82) is 0 Å². The number of benzene rings is 2. The van der Waals surface area contributed by atoms with Gasteiger partial charge in [-0.25, -0.2) is 13.4 Å². The number of pyridine rings is 1. The van der Waals surface area contributed by atoms with E-state index in [1.807, 2.05) is 24.3 Å². The van der Waals surface area contributed by atoms with Gasteiger partial charge in [0, 0.05) is 18.0 Å². The Bertz CT molecular complexity index is 1140. The van der Waals surface area contributed by atoms with Gasteiger partial charge in [-0.1, -0.05) is 31.5 Å². The molecule has 0 fully saturated rings. The van der Waals surface area contributed by atoms with Gasteiger partial charge in [-0.15, -0.1) is 0 Å². The van der Waals surface area contributed by atoms with Gasteiger partial charge in [-0.05, 0) is 66.6 Å². The van der Waals surface area contributed by atoms with Crippen LogP contribution >= 0.6 is 0 Å². The molecule has 2 aromatic carbocycles. The first-order chi connectivity index (χ1) is 15.5. The van der Waals surface area contributed by atoms with Crippen molar-refractivity contribution in [3.63, 3.8) is 0 Å². The van der Waals surface area contributed by atoms with Gasteiger partial charge < -0.3 is 10.1 Å². The zero-order valence-corrected chi connectivity index (χ0v) is 18.5. The molecule has 0 aliphatic rings. The molecule has 2 N–H and O–H groups in total. The van der Waals surface area contributed by atoms with Crippen LogP contribution in [0.1, 0.15) is 25.3 Å². The normalized spacial score (nSPS) is 11.3. The summed E-state index contributed by atoms with van der Waals surface area (Å²) in [4.78, 5) is 16.2. The molecule has 32 heavy (non-hydrogen) atoms. The van der Waals surface area contributed by atoms with Crippen LogP contribution in [0, 0.1) is 0 Å². The first-order valence-corrected chi connectivity index (χ1v) is 11.7. The van der Waals surface area contributed by atoms with Crippen LogP contribution < -0.4 is 14.8 Å². The minimum absolute atomic E-state index is 0.0675. The Morgan fingerprint density at radius 3 is 2.44 bits per heavy atom. The van der Waals surface area contributed by atoms with Gasteiger partial charge in [0.25, 0.3) is 10.0 Å². The first-order valence-electron chi connectivity index (χ1n) is 10.2. The van der Waals surface area contributed by atoms with E-state index in [-0.39, 0.29) is 16.6 Å². The Balaban J connectivity index is 1.55. The summed E-state index contributed by atoms with van der Waals surface area (Å²) in [6.07, 6.45) is 6.70. The molecule has 7 nitrogen and oxygen atoms in total. The van der Waals surface area contributed by atoms with Crippen LogP contribution in [0.3, 0.4) is 0 Å². The smallest absolute Gasteiger partial charge is 0.263 e. The second-order valence-electron chi connectivity index (χ2n) is 6.94. The topological polar surface area (TPSA) is 97.4 Å². The molecule has 3 aromatic rings. The molecule has 0 saturated carbocycles. The monoisotopic (exact) mass is 451 g/mol. The zero-order valence-electron chi connectivity index (χ0n) is 17.7. The number of hydrogen-bond donors (Lipinski definition) is 2. The van der Waals surface area contributed by atoms with E-state index in [2.05, 4.69) is 21.9 Å². The van der Waals surface area contributed by atoms with Crippen LogP contribution in [0.5, 0.6) is 5.75 Å². The summed E-state index contributed by atoms with van der Waals surface area (Å²) in [5.41, 5.74) is 1.35. The van der Waals surface area contributed by atoms with E-state index in [0.717, 1.165) is 24.2 Å². The third kappa shape index (κ3) is 6.95. The minimum Gasteiger partial charge on any atom is -0.494 e. The molecule has 0 atom stereocenters.